The Kier molecular flexibility index (Phi) is 8.64. The molecule has 2 aromatic carbocycles. The highest BCUT2D eigenvalue weighted by Crippen LogP contribution is 2.30. The van der Waals surface area contributed by atoms with Gasteiger partial charge >= 0.3 is 0 Å². The summed E-state index contributed by atoms with van der Waals surface area (Å²) in [5, 5.41) is 4.47. The summed E-state index contributed by atoms with van der Waals surface area (Å²) >= 11 is 0. The fraction of sp³-hybridized carbons (Fsp3) is 0.448. The number of hydrogen-bond donors (Lipinski definition) is 1. The maximum Gasteiger partial charge on any atom is 0.254 e. The number of amides is 1. The fourth-order valence-corrected chi connectivity index (χ4v) is 5.27. The average Bonchev–Trinajstić information content (AvgIpc) is 3.39. The third kappa shape index (κ3) is 5.57. The molecular formula is C29H36F2N4O. The number of halogens is 2. The number of aromatic nitrogens is 1. The molecule has 0 aliphatic carbocycles. The molecule has 1 aliphatic heterocycles. The van der Waals surface area contributed by atoms with Gasteiger partial charge < -0.3 is 15.1 Å². The van der Waals surface area contributed by atoms with Gasteiger partial charge in [0.25, 0.3) is 5.91 Å². The number of fused-ring (bicyclic) bond motifs is 1. The van der Waals surface area contributed by atoms with E-state index in [-0.39, 0.29) is 18.0 Å². The summed E-state index contributed by atoms with van der Waals surface area (Å²) in [6.07, 6.45) is 2.86. The van der Waals surface area contributed by atoms with Gasteiger partial charge in [0.1, 0.15) is 0 Å². The van der Waals surface area contributed by atoms with Gasteiger partial charge in [-0.25, -0.2) is 13.8 Å². The number of likely N-dealkylation sites (tertiary alicyclic amines) is 1. The minimum Gasteiger partial charge on any atom is -0.334 e. The molecule has 7 heteroatoms. The van der Waals surface area contributed by atoms with Crippen molar-refractivity contribution < 1.29 is 13.6 Å². The smallest absolute Gasteiger partial charge is 0.254 e. The van der Waals surface area contributed by atoms with Crippen LogP contribution in [0.1, 0.15) is 50.4 Å². The van der Waals surface area contributed by atoms with Crippen LogP contribution in [0.15, 0.2) is 48.5 Å². The van der Waals surface area contributed by atoms with E-state index in [0.29, 0.717) is 28.9 Å². The highest BCUT2D eigenvalue weighted by molar-refractivity contribution is 6.07. The Hall–Kier alpha value is -2.90. The zero-order chi connectivity index (χ0) is 25.7. The predicted molar refractivity (Wildman–Crippen MR) is 141 cm³/mol. The third-order valence-electron chi connectivity index (χ3n) is 7.36. The molecule has 2 atom stereocenters. The first-order chi connectivity index (χ1) is 17.5. The van der Waals surface area contributed by atoms with Gasteiger partial charge in [0, 0.05) is 42.7 Å². The number of hydrogen-bond acceptors (Lipinski definition) is 4. The van der Waals surface area contributed by atoms with Gasteiger partial charge in [-0.15, -0.1) is 0 Å². The maximum absolute atomic E-state index is 14.0. The molecule has 1 aliphatic rings. The molecule has 1 saturated heterocycles. The molecule has 0 saturated carbocycles. The number of nitrogens with one attached hydrogen (secondary N) is 1. The maximum atomic E-state index is 14.0. The summed E-state index contributed by atoms with van der Waals surface area (Å²) in [5.74, 6) is -1.88. The molecule has 4 rings (SSSR count). The van der Waals surface area contributed by atoms with Crippen LogP contribution >= 0.6 is 0 Å². The van der Waals surface area contributed by atoms with E-state index in [0.717, 1.165) is 63.0 Å². The van der Waals surface area contributed by atoms with Crippen LogP contribution in [0, 0.1) is 11.6 Å². The molecular weight excluding hydrogens is 458 g/mol. The molecule has 1 N–H and O–H groups in total. The van der Waals surface area contributed by atoms with Gasteiger partial charge in [-0.1, -0.05) is 39.0 Å². The number of para-hydroxylation sites is 1. The van der Waals surface area contributed by atoms with Crippen molar-refractivity contribution in [1.82, 2.24) is 20.1 Å². The molecule has 192 valence electrons. The van der Waals surface area contributed by atoms with Gasteiger partial charge in [0.15, 0.2) is 11.6 Å². The number of nitrogens with zero attached hydrogens (tertiary/aromatic N) is 3. The lowest BCUT2D eigenvalue weighted by Crippen LogP contribution is -2.50. The normalized spacial score (nSPS) is 16.7. The second kappa shape index (κ2) is 11.9. The first-order valence-electron chi connectivity index (χ1n) is 13.1. The van der Waals surface area contributed by atoms with Crippen molar-refractivity contribution in [3.05, 3.63) is 65.7 Å². The highest BCUT2D eigenvalue weighted by atomic mass is 19.2. The summed E-state index contributed by atoms with van der Waals surface area (Å²) in [6, 6.07) is 13.3. The molecule has 0 radical (unpaired) electrons. The van der Waals surface area contributed by atoms with Crippen molar-refractivity contribution >= 4 is 16.8 Å². The molecule has 2 heterocycles. The average molecular weight is 495 g/mol. The zero-order valence-corrected chi connectivity index (χ0v) is 21.4. The largest absolute Gasteiger partial charge is 0.334 e. The molecule has 0 bridgehead atoms. The lowest BCUT2D eigenvalue weighted by Gasteiger charge is -2.33. The zero-order valence-electron chi connectivity index (χ0n) is 21.4. The summed E-state index contributed by atoms with van der Waals surface area (Å²) in [4.78, 5) is 23.0. The third-order valence-corrected chi connectivity index (χ3v) is 7.36. The molecule has 1 fully saturated rings. The molecule has 36 heavy (non-hydrogen) atoms. The van der Waals surface area contributed by atoms with Crippen molar-refractivity contribution in [3.63, 3.8) is 0 Å². The summed E-state index contributed by atoms with van der Waals surface area (Å²) in [5.41, 5.74) is 2.10. The van der Waals surface area contributed by atoms with Gasteiger partial charge in [0.05, 0.1) is 16.8 Å². The number of rotatable bonds is 10. The van der Waals surface area contributed by atoms with Crippen molar-refractivity contribution in [2.24, 2.45) is 0 Å². The van der Waals surface area contributed by atoms with Gasteiger partial charge in [-0.2, -0.15) is 0 Å². The molecule has 3 aromatic rings. The van der Waals surface area contributed by atoms with E-state index < -0.39 is 11.6 Å². The van der Waals surface area contributed by atoms with Crippen LogP contribution in [0.3, 0.4) is 0 Å². The predicted octanol–water partition coefficient (Wildman–Crippen LogP) is 5.49. The van der Waals surface area contributed by atoms with Crippen molar-refractivity contribution in [3.8, 4) is 11.3 Å². The summed E-state index contributed by atoms with van der Waals surface area (Å²) in [6.45, 7) is 11.1. The van der Waals surface area contributed by atoms with Crippen LogP contribution in [0.2, 0.25) is 0 Å². The Labute approximate surface area is 212 Å². The highest BCUT2D eigenvalue weighted by Gasteiger charge is 2.35. The van der Waals surface area contributed by atoms with Crippen molar-refractivity contribution in [2.45, 2.75) is 52.1 Å². The molecule has 1 aromatic heterocycles. The standard InChI is InChI=1S/C29H36F2N4O/c1-4-25(32-15-17-34(5-2)6-3)28-12-9-16-35(28)29(36)22-19-27(20-13-14-23(30)24(31)18-20)33-26-11-8-7-10-21(22)26/h7-8,10-11,13-14,18-19,25,28,32H,4-6,9,12,15-17H2,1-3H3/t25?,28-/m0/s1. The molecule has 0 spiro atoms. The molecule has 1 amide bonds. The van der Waals surface area contributed by atoms with Crippen LogP contribution < -0.4 is 5.32 Å². The van der Waals surface area contributed by atoms with Gasteiger partial charge in [0.2, 0.25) is 0 Å². The van der Waals surface area contributed by atoms with E-state index in [1.54, 1.807) is 6.07 Å². The Balaban J connectivity index is 1.63. The number of benzene rings is 2. The van der Waals surface area contributed by atoms with Crippen LogP contribution in [-0.4, -0.2) is 65.5 Å². The van der Waals surface area contributed by atoms with E-state index in [4.69, 9.17) is 0 Å². The lowest BCUT2D eigenvalue weighted by molar-refractivity contribution is 0.0704. The van der Waals surface area contributed by atoms with Gasteiger partial charge in [-0.05, 0) is 62.7 Å². The summed E-state index contributed by atoms with van der Waals surface area (Å²) in [7, 11) is 0. The van der Waals surface area contributed by atoms with E-state index in [1.165, 1.54) is 6.07 Å². The van der Waals surface area contributed by atoms with Crippen LogP contribution in [0.5, 0.6) is 0 Å². The summed E-state index contributed by atoms with van der Waals surface area (Å²) < 4.78 is 27.5. The number of pyridine rings is 1. The van der Waals surface area contributed by atoms with E-state index in [9.17, 15) is 13.6 Å². The fourth-order valence-electron chi connectivity index (χ4n) is 5.27. The number of carbonyl (C=O) groups excluding carboxylic acids is 1. The first-order valence-corrected chi connectivity index (χ1v) is 13.1. The molecule has 1 unspecified atom stereocenters. The Bertz CT molecular complexity index is 1200. The van der Waals surface area contributed by atoms with Gasteiger partial charge in [-0.3, -0.25) is 4.79 Å². The Morgan fingerprint density at radius 3 is 2.61 bits per heavy atom. The second-order valence-electron chi connectivity index (χ2n) is 9.40. The number of likely N-dealkylation sites (N-methyl/N-ethyl adjacent to an activating group) is 1. The first kappa shape index (κ1) is 26.2. The molecule has 5 nitrogen and oxygen atoms in total. The monoisotopic (exact) mass is 494 g/mol. The second-order valence-corrected chi connectivity index (χ2v) is 9.40. The quantitative estimate of drug-likeness (QED) is 0.405. The van der Waals surface area contributed by atoms with Crippen LogP contribution in [0.4, 0.5) is 8.78 Å². The van der Waals surface area contributed by atoms with E-state index in [2.05, 4.69) is 36.0 Å². The topological polar surface area (TPSA) is 48.5 Å². The SMILES string of the molecule is CCC(NCCN(CC)CC)[C@@H]1CCCN1C(=O)c1cc(-c2ccc(F)c(F)c2)nc2ccccc12. The van der Waals surface area contributed by atoms with Crippen LogP contribution in [0.25, 0.3) is 22.2 Å². The number of carbonyl (C=O) groups is 1. The van der Waals surface area contributed by atoms with Crippen molar-refractivity contribution in [2.75, 3.05) is 32.7 Å². The lowest BCUT2D eigenvalue weighted by atomic mass is 10.00. The van der Waals surface area contributed by atoms with E-state index >= 15 is 0 Å². The van der Waals surface area contributed by atoms with Crippen molar-refractivity contribution in [1.29, 1.82) is 0 Å². The van der Waals surface area contributed by atoms with Crippen LogP contribution in [-0.2, 0) is 0 Å². The minimum absolute atomic E-state index is 0.0380. The van der Waals surface area contributed by atoms with E-state index in [1.807, 2.05) is 29.2 Å². The Morgan fingerprint density at radius 2 is 1.89 bits per heavy atom. The minimum atomic E-state index is -0.934. The Morgan fingerprint density at radius 1 is 1.11 bits per heavy atom.